The van der Waals surface area contributed by atoms with Crippen LogP contribution in [0.5, 0.6) is 0 Å². The quantitative estimate of drug-likeness (QED) is 0.141. The molecule has 5 aromatic rings. The second-order valence-corrected chi connectivity index (χ2v) is 25.9. The number of amides is 1. The van der Waals surface area contributed by atoms with E-state index in [2.05, 4.69) is 53.3 Å². The standard InChI is InChI=1S/C36H34AsClN6O3S3/c1-2-18-43(28-16-14-26(15-17-28)37-48-20-21-49-37)34(45)25-42-19-8-9-27(23-42)40-36-39-22-32(38)35(41-36)31-24-44(33-13-7-6-12-30(31)33)50(46,47)29-10-4-3-5-11-29/h1,3-7,10-17,22,24,27H,8-9,18-21,23,25H2,(H,39,40,41)/t27-/m1/s1. The Balaban J connectivity index is 1.07. The maximum atomic E-state index is 13.7. The van der Waals surface area contributed by atoms with Crippen LogP contribution in [0.2, 0.25) is 5.02 Å². The van der Waals surface area contributed by atoms with Gasteiger partial charge in [0.2, 0.25) is 0 Å². The van der Waals surface area contributed by atoms with E-state index in [1.54, 1.807) is 53.6 Å². The fraction of sp³-hybridized carbons (Fsp3) is 0.250. The Kier molecular flexibility index (Phi) is 10.8. The molecule has 2 aliphatic rings. The molecule has 2 aromatic heterocycles. The SMILES string of the molecule is C#CCN(C(=O)CN1CCC[C@@H](Nc2ncc(Cl)c(-c3cn(S(=O)(=O)c4ccccc4)c4ccccc34)n2)C1)c1ccc([As]2SCCS2)cc1. The fourth-order valence-corrected chi connectivity index (χ4v) is 21.9. The number of anilines is 2. The Morgan fingerprint density at radius 3 is 2.56 bits per heavy atom. The van der Waals surface area contributed by atoms with Gasteiger partial charge in [-0.2, -0.15) is 0 Å². The number of hydrogen-bond donors (Lipinski definition) is 1. The van der Waals surface area contributed by atoms with Crippen LogP contribution in [-0.2, 0) is 14.8 Å². The molecule has 0 radical (unpaired) electrons. The van der Waals surface area contributed by atoms with Crippen molar-refractivity contribution in [3.8, 4) is 23.6 Å². The number of piperidine rings is 1. The van der Waals surface area contributed by atoms with E-state index in [9.17, 15) is 13.2 Å². The number of hydrogen-bond acceptors (Lipinski definition) is 9. The van der Waals surface area contributed by atoms with Crippen LogP contribution in [-0.4, -0.2) is 89.2 Å². The molecule has 2 aliphatic heterocycles. The Bertz CT molecular complexity index is 2160. The number of rotatable bonds is 10. The summed E-state index contributed by atoms with van der Waals surface area (Å²) in [6.45, 7) is 1.86. The molecule has 1 amide bonds. The van der Waals surface area contributed by atoms with Gasteiger partial charge in [-0.25, -0.2) is 22.4 Å². The van der Waals surface area contributed by atoms with Crippen LogP contribution in [0.4, 0.5) is 11.6 Å². The molecule has 1 atom stereocenters. The minimum atomic E-state index is -3.88. The number of fused-ring (bicyclic) bond motifs is 1. The number of nitrogens with zero attached hydrogens (tertiary/aromatic N) is 5. The molecule has 2 fully saturated rings. The van der Waals surface area contributed by atoms with Crippen LogP contribution in [0.25, 0.3) is 22.2 Å². The molecule has 3 aromatic carbocycles. The summed E-state index contributed by atoms with van der Waals surface area (Å²) in [5, 5.41) is 4.45. The van der Waals surface area contributed by atoms with Gasteiger partial charge in [0.15, 0.2) is 0 Å². The van der Waals surface area contributed by atoms with Crippen LogP contribution in [0.3, 0.4) is 0 Å². The van der Waals surface area contributed by atoms with Gasteiger partial charge in [-0.1, -0.05) is 48.0 Å². The van der Waals surface area contributed by atoms with Crippen molar-refractivity contribution < 1.29 is 13.2 Å². The number of carbonyl (C=O) groups excluding carboxylic acids is 1. The van der Waals surface area contributed by atoms with Crippen molar-refractivity contribution in [1.29, 1.82) is 0 Å². The predicted octanol–water partition coefficient (Wildman–Crippen LogP) is 5.71. The average Bonchev–Trinajstić information content (AvgIpc) is 3.82. The van der Waals surface area contributed by atoms with Crippen LogP contribution in [0, 0.1) is 12.3 Å². The van der Waals surface area contributed by atoms with Crippen molar-refractivity contribution in [2.24, 2.45) is 0 Å². The van der Waals surface area contributed by atoms with Gasteiger partial charge < -0.3 is 0 Å². The van der Waals surface area contributed by atoms with Gasteiger partial charge in [0, 0.05) is 17.1 Å². The topological polar surface area (TPSA) is 100 Å². The maximum absolute atomic E-state index is 13.7. The molecule has 0 aliphatic carbocycles. The first-order chi connectivity index (χ1) is 24.3. The number of nitrogens with one attached hydrogen (secondary N) is 1. The third-order valence-corrected chi connectivity index (χ3v) is 24.3. The molecule has 4 heterocycles. The van der Waals surface area contributed by atoms with Crippen LogP contribution >= 0.6 is 31.6 Å². The van der Waals surface area contributed by atoms with E-state index in [0.29, 0.717) is 39.7 Å². The second-order valence-electron chi connectivity index (χ2n) is 11.9. The average molecular weight is 805 g/mol. The van der Waals surface area contributed by atoms with Crippen molar-refractivity contribution in [3.63, 3.8) is 0 Å². The summed E-state index contributed by atoms with van der Waals surface area (Å²) in [7, 11) is 0.312. The molecule has 0 spiro atoms. The molecule has 2 saturated heterocycles. The van der Waals surface area contributed by atoms with Crippen molar-refractivity contribution in [1.82, 2.24) is 18.8 Å². The van der Waals surface area contributed by atoms with E-state index >= 15 is 0 Å². The summed E-state index contributed by atoms with van der Waals surface area (Å²) in [4.78, 5) is 26.9. The molecule has 256 valence electrons. The number of halogens is 1. The van der Waals surface area contributed by atoms with E-state index < -0.39 is 22.4 Å². The minimum absolute atomic E-state index is 0.0163. The van der Waals surface area contributed by atoms with Gasteiger partial charge in [-0.3, -0.25) is 0 Å². The van der Waals surface area contributed by atoms with Crippen molar-refractivity contribution >= 4 is 86.8 Å². The van der Waals surface area contributed by atoms with E-state index in [1.165, 1.54) is 26.0 Å². The summed E-state index contributed by atoms with van der Waals surface area (Å²) < 4.78 is 30.0. The number of terminal acetylenes is 1. The monoisotopic (exact) mass is 804 g/mol. The first-order valence-corrected chi connectivity index (χ1v) is 25.4. The van der Waals surface area contributed by atoms with Crippen molar-refractivity contribution in [2.45, 2.75) is 23.8 Å². The number of para-hydroxylation sites is 1. The van der Waals surface area contributed by atoms with Gasteiger partial charge in [-0.05, 0) is 18.2 Å². The van der Waals surface area contributed by atoms with Gasteiger partial charge in [0.25, 0.3) is 10.0 Å². The van der Waals surface area contributed by atoms with Crippen LogP contribution in [0.1, 0.15) is 12.8 Å². The predicted molar refractivity (Wildman–Crippen MR) is 208 cm³/mol. The molecule has 50 heavy (non-hydrogen) atoms. The van der Waals surface area contributed by atoms with Gasteiger partial charge >= 0.3 is 167 Å². The number of aromatic nitrogens is 3. The summed E-state index contributed by atoms with van der Waals surface area (Å²) in [5.41, 5.74) is 2.35. The summed E-state index contributed by atoms with van der Waals surface area (Å²) in [5.74, 6) is 5.44. The first kappa shape index (κ1) is 35.0. The molecule has 9 nitrogen and oxygen atoms in total. The van der Waals surface area contributed by atoms with Crippen molar-refractivity contribution in [3.05, 3.63) is 96.3 Å². The summed E-state index contributed by atoms with van der Waals surface area (Å²) in [6, 6.07) is 24.0. The molecule has 7 rings (SSSR count). The van der Waals surface area contributed by atoms with Crippen LogP contribution in [0.15, 0.2) is 96.2 Å². The first-order valence-electron chi connectivity index (χ1n) is 16.1. The van der Waals surface area contributed by atoms with Crippen molar-refractivity contribution in [2.75, 3.05) is 47.9 Å². The Hall–Kier alpha value is -3.43. The molecule has 0 saturated carbocycles. The van der Waals surface area contributed by atoms with Gasteiger partial charge in [0.05, 0.1) is 27.3 Å². The summed E-state index contributed by atoms with van der Waals surface area (Å²) >= 11 is 5.57. The third-order valence-electron chi connectivity index (χ3n) is 8.60. The Morgan fingerprint density at radius 1 is 1.06 bits per heavy atom. The Labute approximate surface area is 308 Å². The summed E-state index contributed by atoms with van der Waals surface area (Å²) in [6.07, 6.45) is 10.6. The van der Waals surface area contributed by atoms with E-state index in [-0.39, 0.29) is 29.9 Å². The van der Waals surface area contributed by atoms with Crippen LogP contribution < -0.4 is 14.6 Å². The molecule has 14 heteroatoms. The van der Waals surface area contributed by atoms with Gasteiger partial charge in [-0.15, -0.1) is 0 Å². The molecule has 0 bridgehead atoms. The van der Waals surface area contributed by atoms with E-state index in [0.717, 1.165) is 25.1 Å². The van der Waals surface area contributed by atoms with E-state index in [4.69, 9.17) is 23.0 Å². The molecule has 0 unspecified atom stereocenters. The normalized spacial score (nSPS) is 17.1. The number of carbonyl (C=O) groups is 1. The molecular formula is C36H34AsClN6O3S3. The number of benzene rings is 3. The molecular weight excluding hydrogens is 771 g/mol. The zero-order chi connectivity index (χ0) is 34.7. The third kappa shape index (κ3) is 7.45. The Morgan fingerprint density at radius 2 is 1.80 bits per heavy atom. The zero-order valence-corrected chi connectivity index (χ0v) is 32.1. The van der Waals surface area contributed by atoms with Gasteiger partial charge in [0.1, 0.15) is 0 Å². The second kappa shape index (κ2) is 15.4. The van der Waals surface area contributed by atoms with E-state index in [1.807, 2.05) is 24.3 Å². The zero-order valence-electron chi connectivity index (χ0n) is 27.0. The fourth-order valence-electron chi connectivity index (χ4n) is 6.24. The molecule has 1 N–H and O–H groups in total. The number of likely N-dealkylation sites (tertiary alicyclic amines) is 1.